The third-order valence-corrected chi connectivity index (χ3v) is 3.80. The Kier molecular flexibility index (Phi) is 3.29. The number of piperidine rings is 1. The minimum absolute atomic E-state index is 0.0149. The van der Waals surface area contributed by atoms with Crippen LogP contribution in [-0.2, 0) is 9.53 Å². The second-order valence-corrected chi connectivity index (χ2v) is 4.93. The predicted octanol–water partition coefficient (Wildman–Crippen LogP) is 1.86. The van der Waals surface area contributed by atoms with E-state index in [0.717, 1.165) is 13.0 Å². The molecule has 1 unspecified atom stereocenters. The number of carbonyl (C=O) groups excluding carboxylic acids is 1. The maximum Gasteiger partial charge on any atom is 0.306 e. The highest BCUT2D eigenvalue weighted by Crippen LogP contribution is 2.41. The Morgan fingerprint density at radius 2 is 2.33 bits per heavy atom. The first kappa shape index (κ1) is 10.9. The van der Waals surface area contributed by atoms with E-state index in [4.69, 9.17) is 4.74 Å². The van der Waals surface area contributed by atoms with Crippen molar-refractivity contribution < 1.29 is 9.53 Å². The van der Waals surface area contributed by atoms with Crippen molar-refractivity contribution in [1.82, 2.24) is 5.32 Å². The average Bonchev–Trinajstić information content (AvgIpc) is 2.16. The summed E-state index contributed by atoms with van der Waals surface area (Å²) in [5, 5.41) is 3.62. The van der Waals surface area contributed by atoms with Crippen LogP contribution in [0.15, 0.2) is 0 Å². The van der Waals surface area contributed by atoms with Crippen LogP contribution in [-0.4, -0.2) is 24.7 Å². The molecule has 2 aliphatic rings. The topological polar surface area (TPSA) is 38.3 Å². The molecule has 1 N–H and O–H groups in total. The predicted molar refractivity (Wildman–Crippen MR) is 58.6 cm³/mol. The molecule has 1 aliphatic carbocycles. The van der Waals surface area contributed by atoms with Gasteiger partial charge in [0.05, 0.1) is 6.61 Å². The van der Waals surface area contributed by atoms with Crippen molar-refractivity contribution in [3.63, 3.8) is 0 Å². The number of esters is 1. The Morgan fingerprint density at radius 1 is 1.53 bits per heavy atom. The van der Waals surface area contributed by atoms with E-state index >= 15 is 0 Å². The molecular formula is C12H21NO2. The van der Waals surface area contributed by atoms with Gasteiger partial charge in [0, 0.05) is 12.0 Å². The Morgan fingerprint density at radius 3 is 2.93 bits per heavy atom. The summed E-state index contributed by atoms with van der Waals surface area (Å²) in [7, 11) is 0. The van der Waals surface area contributed by atoms with Crippen LogP contribution in [0.1, 0.15) is 45.4 Å². The lowest BCUT2D eigenvalue weighted by molar-refractivity contribution is -0.144. The molecule has 2 fully saturated rings. The summed E-state index contributed by atoms with van der Waals surface area (Å²) in [4.78, 5) is 11.4. The molecule has 0 aromatic carbocycles. The molecule has 1 saturated carbocycles. The molecule has 1 spiro atoms. The van der Waals surface area contributed by atoms with Gasteiger partial charge in [-0.3, -0.25) is 4.79 Å². The summed E-state index contributed by atoms with van der Waals surface area (Å²) in [5.41, 5.74) is 0.398. The van der Waals surface area contributed by atoms with Crippen molar-refractivity contribution in [2.24, 2.45) is 5.92 Å². The van der Waals surface area contributed by atoms with Crippen molar-refractivity contribution in [1.29, 1.82) is 0 Å². The molecule has 1 atom stereocenters. The third kappa shape index (κ3) is 2.51. The summed E-state index contributed by atoms with van der Waals surface area (Å²) >= 11 is 0. The van der Waals surface area contributed by atoms with Gasteiger partial charge >= 0.3 is 5.97 Å². The van der Waals surface area contributed by atoms with Crippen molar-refractivity contribution in [2.75, 3.05) is 13.2 Å². The van der Waals surface area contributed by atoms with Gasteiger partial charge in [-0.05, 0) is 51.5 Å². The van der Waals surface area contributed by atoms with Gasteiger partial charge in [-0.1, -0.05) is 0 Å². The Hall–Kier alpha value is -0.570. The number of rotatable bonds is 3. The summed E-state index contributed by atoms with van der Waals surface area (Å²) < 4.78 is 5.01. The van der Waals surface area contributed by atoms with E-state index in [9.17, 15) is 4.79 Å². The quantitative estimate of drug-likeness (QED) is 0.724. The van der Waals surface area contributed by atoms with Gasteiger partial charge in [-0.2, -0.15) is 0 Å². The van der Waals surface area contributed by atoms with Gasteiger partial charge in [0.2, 0.25) is 0 Å². The lowest BCUT2D eigenvalue weighted by Crippen LogP contribution is -2.55. The lowest BCUT2D eigenvalue weighted by Gasteiger charge is -2.48. The highest BCUT2D eigenvalue weighted by Gasteiger charge is 2.41. The minimum Gasteiger partial charge on any atom is -0.466 e. The molecule has 1 heterocycles. The molecular weight excluding hydrogens is 190 g/mol. The highest BCUT2D eigenvalue weighted by molar-refractivity contribution is 5.69. The summed E-state index contributed by atoms with van der Waals surface area (Å²) in [5.74, 6) is 0.532. The number of ether oxygens (including phenoxy) is 1. The SMILES string of the molecule is CCOC(=O)CC1CCNC2(CCC2)C1. The van der Waals surface area contributed by atoms with Crippen LogP contribution >= 0.6 is 0 Å². The van der Waals surface area contributed by atoms with Crippen molar-refractivity contribution in [3.8, 4) is 0 Å². The smallest absolute Gasteiger partial charge is 0.306 e. The molecule has 3 nitrogen and oxygen atoms in total. The van der Waals surface area contributed by atoms with Crippen molar-refractivity contribution in [2.45, 2.75) is 51.0 Å². The number of nitrogens with one attached hydrogen (secondary N) is 1. The second kappa shape index (κ2) is 4.52. The Labute approximate surface area is 91.6 Å². The van der Waals surface area contributed by atoms with Crippen LogP contribution in [0.25, 0.3) is 0 Å². The molecule has 0 aromatic rings. The summed E-state index contributed by atoms with van der Waals surface area (Å²) in [6, 6.07) is 0. The zero-order valence-electron chi connectivity index (χ0n) is 9.55. The summed E-state index contributed by atoms with van der Waals surface area (Å²) in [6.07, 6.45) is 6.86. The lowest BCUT2D eigenvalue weighted by atomic mass is 9.68. The molecule has 15 heavy (non-hydrogen) atoms. The van der Waals surface area contributed by atoms with Crippen LogP contribution < -0.4 is 5.32 Å². The molecule has 1 aliphatic heterocycles. The maximum absolute atomic E-state index is 11.4. The molecule has 0 aromatic heterocycles. The zero-order valence-corrected chi connectivity index (χ0v) is 9.55. The Balaban J connectivity index is 1.80. The third-order valence-electron chi connectivity index (χ3n) is 3.80. The first-order chi connectivity index (χ1) is 7.24. The molecule has 0 amide bonds. The fourth-order valence-electron chi connectivity index (χ4n) is 2.88. The van der Waals surface area contributed by atoms with Crippen LogP contribution in [0.2, 0.25) is 0 Å². The van der Waals surface area contributed by atoms with Crippen molar-refractivity contribution in [3.05, 3.63) is 0 Å². The van der Waals surface area contributed by atoms with Crippen molar-refractivity contribution >= 4 is 5.97 Å². The van der Waals surface area contributed by atoms with Gasteiger partial charge in [0.25, 0.3) is 0 Å². The highest BCUT2D eigenvalue weighted by atomic mass is 16.5. The first-order valence-electron chi connectivity index (χ1n) is 6.15. The number of hydrogen-bond donors (Lipinski definition) is 1. The van der Waals surface area contributed by atoms with Gasteiger partial charge in [-0.15, -0.1) is 0 Å². The van der Waals surface area contributed by atoms with E-state index in [1.807, 2.05) is 6.92 Å². The average molecular weight is 211 g/mol. The van der Waals surface area contributed by atoms with E-state index < -0.39 is 0 Å². The maximum atomic E-state index is 11.4. The minimum atomic E-state index is -0.0149. The van der Waals surface area contributed by atoms with E-state index in [-0.39, 0.29) is 5.97 Å². The van der Waals surface area contributed by atoms with Crippen LogP contribution in [0.5, 0.6) is 0 Å². The largest absolute Gasteiger partial charge is 0.466 e. The summed E-state index contributed by atoms with van der Waals surface area (Å²) in [6.45, 7) is 3.45. The molecule has 3 heteroatoms. The Bertz CT molecular complexity index is 236. The number of carbonyl (C=O) groups is 1. The van der Waals surface area contributed by atoms with Gasteiger partial charge in [-0.25, -0.2) is 0 Å². The second-order valence-electron chi connectivity index (χ2n) is 4.93. The molecule has 0 bridgehead atoms. The monoisotopic (exact) mass is 211 g/mol. The first-order valence-corrected chi connectivity index (χ1v) is 6.15. The fourth-order valence-corrected chi connectivity index (χ4v) is 2.88. The van der Waals surface area contributed by atoms with E-state index in [2.05, 4.69) is 5.32 Å². The standard InChI is InChI=1S/C12H21NO2/c1-2-15-11(14)8-10-4-7-13-12(9-10)5-3-6-12/h10,13H,2-9H2,1H3. The molecule has 0 radical (unpaired) electrons. The van der Waals surface area contributed by atoms with E-state index in [1.54, 1.807) is 0 Å². The molecule has 1 saturated heterocycles. The van der Waals surface area contributed by atoms with Crippen LogP contribution in [0.3, 0.4) is 0 Å². The fraction of sp³-hybridized carbons (Fsp3) is 0.917. The van der Waals surface area contributed by atoms with E-state index in [0.29, 0.717) is 24.5 Å². The number of hydrogen-bond acceptors (Lipinski definition) is 3. The van der Waals surface area contributed by atoms with Crippen LogP contribution in [0, 0.1) is 5.92 Å². The van der Waals surface area contributed by atoms with Gasteiger partial charge in [0.15, 0.2) is 0 Å². The molecule has 86 valence electrons. The van der Waals surface area contributed by atoms with Gasteiger partial charge < -0.3 is 10.1 Å². The molecule has 2 rings (SSSR count). The van der Waals surface area contributed by atoms with Crippen LogP contribution in [0.4, 0.5) is 0 Å². The zero-order chi connectivity index (χ0) is 10.7. The van der Waals surface area contributed by atoms with E-state index in [1.165, 1.54) is 25.7 Å². The normalized spacial score (nSPS) is 28.5. The van der Waals surface area contributed by atoms with Gasteiger partial charge in [0.1, 0.15) is 0 Å².